The zero-order valence-corrected chi connectivity index (χ0v) is 12.0. The maximum absolute atomic E-state index is 6.04. The summed E-state index contributed by atoms with van der Waals surface area (Å²) in [5, 5.41) is 0. The minimum Gasteiger partial charge on any atom is -0.494 e. The molecule has 0 bridgehead atoms. The molecule has 0 fully saturated rings. The van der Waals surface area contributed by atoms with E-state index in [0.717, 1.165) is 24.3 Å². The minimum atomic E-state index is -0.203. The van der Waals surface area contributed by atoms with Crippen LogP contribution in [-0.4, -0.2) is 30.6 Å². The van der Waals surface area contributed by atoms with Gasteiger partial charge in [0.05, 0.1) is 18.7 Å². The molecule has 104 valence electrons. The number of guanidine groups is 1. The zero-order valence-electron chi connectivity index (χ0n) is 12.0. The van der Waals surface area contributed by atoms with Gasteiger partial charge in [0.15, 0.2) is 5.96 Å². The number of nitrogens with two attached hydrogens (primary N) is 1. The van der Waals surface area contributed by atoms with Gasteiger partial charge in [-0.2, -0.15) is 0 Å². The number of hydrogen-bond acceptors (Lipinski definition) is 4. The Labute approximate surface area is 115 Å². The van der Waals surface area contributed by atoms with Gasteiger partial charge >= 0.3 is 0 Å². The molecule has 1 unspecified atom stereocenters. The summed E-state index contributed by atoms with van der Waals surface area (Å²) in [5.41, 5.74) is 7.00. The molecule has 4 heteroatoms. The highest BCUT2D eigenvalue weighted by molar-refractivity contribution is 5.81. The van der Waals surface area contributed by atoms with Crippen LogP contribution in [0, 0.1) is 0 Å². The van der Waals surface area contributed by atoms with Gasteiger partial charge in [-0.15, -0.1) is 0 Å². The van der Waals surface area contributed by atoms with Crippen LogP contribution >= 0.6 is 0 Å². The van der Waals surface area contributed by atoms with Crippen LogP contribution in [0.2, 0.25) is 0 Å². The quantitative estimate of drug-likeness (QED) is 0.885. The number of hydrogen-bond donors (Lipinski definition) is 1. The van der Waals surface area contributed by atoms with Gasteiger partial charge in [0.2, 0.25) is 0 Å². The van der Waals surface area contributed by atoms with Crippen LogP contribution in [0.3, 0.4) is 0 Å². The number of rotatable bonds is 5. The molecule has 2 N–H and O–H groups in total. The molecular formula is C15H23N3O. The number of benzene rings is 1. The van der Waals surface area contributed by atoms with Gasteiger partial charge in [0.25, 0.3) is 0 Å². The Balaban J connectivity index is 2.39. The molecule has 19 heavy (non-hydrogen) atoms. The van der Waals surface area contributed by atoms with Crippen molar-refractivity contribution in [1.82, 2.24) is 4.90 Å². The molecule has 0 saturated heterocycles. The van der Waals surface area contributed by atoms with Crippen molar-refractivity contribution < 1.29 is 4.74 Å². The Kier molecular flexibility index (Phi) is 3.98. The Hall–Kier alpha value is -1.71. The van der Waals surface area contributed by atoms with E-state index in [1.807, 2.05) is 25.1 Å². The van der Waals surface area contributed by atoms with Gasteiger partial charge in [-0.05, 0) is 26.3 Å². The van der Waals surface area contributed by atoms with Crippen molar-refractivity contribution in [2.24, 2.45) is 10.7 Å². The van der Waals surface area contributed by atoms with E-state index >= 15 is 0 Å². The fourth-order valence-electron chi connectivity index (χ4n) is 2.67. The average Bonchev–Trinajstić information content (AvgIpc) is 2.70. The third-order valence-corrected chi connectivity index (χ3v) is 3.64. The second-order valence-electron chi connectivity index (χ2n) is 5.03. The third kappa shape index (κ3) is 2.39. The smallest absolute Gasteiger partial charge is 0.192 e. The van der Waals surface area contributed by atoms with E-state index in [-0.39, 0.29) is 5.54 Å². The lowest BCUT2D eigenvalue weighted by Gasteiger charge is -2.37. The number of nitrogens with zero attached hydrogens (tertiary/aromatic N) is 2. The maximum Gasteiger partial charge on any atom is 0.192 e. The fourth-order valence-corrected chi connectivity index (χ4v) is 2.67. The van der Waals surface area contributed by atoms with Crippen molar-refractivity contribution in [1.29, 1.82) is 0 Å². The summed E-state index contributed by atoms with van der Waals surface area (Å²) < 4.78 is 5.76. The summed E-state index contributed by atoms with van der Waals surface area (Å²) in [5.74, 6) is 1.56. The summed E-state index contributed by atoms with van der Waals surface area (Å²) >= 11 is 0. The topological polar surface area (TPSA) is 50.8 Å². The SMILES string of the molecule is CCCN1C(N)=NCC1(C)c1ccccc1OCC. The van der Waals surface area contributed by atoms with Crippen LogP contribution in [-0.2, 0) is 5.54 Å². The first-order chi connectivity index (χ1) is 9.13. The Bertz CT molecular complexity index is 472. The maximum atomic E-state index is 6.04. The summed E-state index contributed by atoms with van der Waals surface area (Å²) in [6, 6.07) is 8.17. The van der Waals surface area contributed by atoms with Gasteiger partial charge in [-0.1, -0.05) is 25.1 Å². The molecule has 1 aliphatic heterocycles. The summed E-state index contributed by atoms with van der Waals surface area (Å²) in [6.07, 6.45) is 1.04. The minimum absolute atomic E-state index is 0.203. The van der Waals surface area contributed by atoms with Gasteiger partial charge in [0.1, 0.15) is 5.75 Å². The van der Waals surface area contributed by atoms with Gasteiger partial charge in [0, 0.05) is 12.1 Å². The molecule has 4 nitrogen and oxygen atoms in total. The normalized spacial score (nSPS) is 22.5. The van der Waals surface area contributed by atoms with E-state index < -0.39 is 0 Å². The number of ether oxygens (including phenoxy) is 1. The van der Waals surface area contributed by atoms with Crippen LogP contribution in [0.1, 0.15) is 32.8 Å². The van der Waals surface area contributed by atoms with E-state index in [4.69, 9.17) is 10.5 Å². The Morgan fingerprint density at radius 3 is 2.79 bits per heavy atom. The molecule has 0 aromatic heterocycles. The molecule has 1 aromatic carbocycles. The number of para-hydroxylation sites is 1. The van der Waals surface area contributed by atoms with E-state index in [0.29, 0.717) is 19.1 Å². The molecule has 0 aliphatic carbocycles. The van der Waals surface area contributed by atoms with Gasteiger partial charge < -0.3 is 15.4 Å². The molecule has 2 rings (SSSR count). The van der Waals surface area contributed by atoms with Crippen molar-refractivity contribution in [2.75, 3.05) is 19.7 Å². The molecule has 0 amide bonds. The predicted molar refractivity (Wildman–Crippen MR) is 78.4 cm³/mol. The zero-order chi connectivity index (χ0) is 13.9. The Morgan fingerprint density at radius 1 is 1.37 bits per heavy atom. The van der Waals surface area contributed by atoms with Crippen LogP contribution in [0.15, 0.2) is 29.3 Å². The van der Waals surface area contributed by atoms with Crippen LogP contribution < -0.4 is 10.5 Å². The molecule has 1 atom stereocenters. The van der Waals surface area contributed by atoms with Crippen molar-refractivity contribution in [2.45, 2.75) is 32.7 Å². The van der Waals surface area contributed by atoms with E-state index in [9.17, 15) is 0 Å². The molecule has 0 saturated carbocycles. The summed E-state index contributed by atoms with van der Waals surface area (Å²) in [7, 11) is 0. The molecule has 0 spiro atoms. The van der Waals surface area contributed by atoms with Crippen molar-refractivity contribution in [3.8, 4) is 5.75 Å². The molecule has 1 aliphatic rings. The second-order valence-corrected chi connectivity index (χ2v) is 5.03. The van der Waals surface area contributed by atoms with Gasteiger partial charge in [-0.25, -0.2) is 0 Å². The van der Waals surface area contributed by atoms with Crippen molar-refractivity contribution >= 4 is 5.96 Å². The second kappa shape index (κ2) is 5.51. The fraction of sp³-hybridized carbons (Fsp3) is 0.533. The van der Waals surface area contributed by atoms with E-state index in [1.165, 1.54) is 0 Å². The van der Waals surface area contributed by atoms with E-state index in [2.05, 4.69) is 29.8 Å². The monoisotopic (exact) mass is 261 g/mol. The lowest BCUT2D eigenvalue weighted by Crippen LogP contribution is -2.47. The molecular weight excluding hydrogens is 238 g/mol. The lowest BCUT2D eigenvalue weighted by molar-refractivity contribution is 0.214. The molecule has 0 radical (unpaired) electrons. The highest BCUT2D eigenvalue weighted by atomic mass is 16.5. The molecule has 1 aromatic rings. The first-order valence-corrected chi connectivity index (χ1v) is 6.93. The largest absolute Gasteiger partial charge is 0.494 e. The predicted octanol–water partition coefficient (Wildman–Crippen LogP) is 2.34. The molecule has 1 heterocycles. The third-order valence-electron chi connectivity index (χ3n) is 3.64. The highest BCUT2D eigenvalue weighted by Crippen LogP contribution is 2.37. The van der Waals surface area contributed by atoms with E-state index in [1.54, 1.807) is 0 Å². The van der Waals surface area contributed by atoms with Crippen LogP contribution in [0.5, 0.6) is 5.75 Å². The summed E-state index contributed by atoms with van der Waals surface area (Å²) in [6.45, 7) is 8.60. The lowest BCUT2D eigenvalue weighted by atomic mass is 9.90. The van der Waals surface area contributed by atoms with Crippen molar-refractivity contribution in [3.05, 3.63) is 29.8 Å². The Morgan fingerprint density at radius 2 is 2.11 bits per heavy atom. The first-order valence-electron chi connectivity index (χ1n) is 6.93. The highest BCUT2D eigenvalue weighted by Gasteiger charge is 2.40. The van der Waals surface area contributed by atoms with Crippen LogP contribution in [0.4, 0.5) is 0 Å². The summed E-state index contributed by atoms with van der Waals surface area (Å²) in [4.78, 5) is 6.62. The van der Waals surface area contributed by atoms with Crippen molar-refractivity contribution in [3.63, 3.8) is 0 Å². The van der Waals surface area contributed by atoms with Gasteiger partial charge in [-0.3, -0.25) is 4.99 Å². The standard InChI is InChI=1S/C15H23N3O/c1-4-10-18-14(16)17-11-15(18,3)12-8-6-7-9-13(12)19-5-2/h6-9H,4-5,10-11H2,1-3H3,(H2,16,17). The average molecular weight is 261 g/mol. The first kappa shape index (κ1) is 13.7. The van der Waals surface area contributed by atoms with Crippen LogP contribution in [0.25, 0.3) is 0 Å². The number of aliphatic imine (C=N–C) groups is 1.